The van der Waals surface area contributed by atoms with Gasteiger partial charge in [-0.3, -0.25) is 4.79 Å². The SMILES string of the molecule is COc1ccc2c(c1)Cc1cc(C)ccc1C2=O. The summed E-state index contributed by atoms with van der Waals surface area (Å²) in [5, 5.41) is 0. The Balaban J connectivity index is 2.15. The lowest BCUT2D eigenvalue weighted by Crippen LogP contribution is -2.15. The Bertz CT molecular complexity index is 642. The van der Waals surface area contributed by atoms with Gasteiger partial charge < -0.3 is 4.74 Å². The number of rotatable bonds is 1. The highest BCUT2D eigenvalue weighted by Gasteiger charge is 2.23. The van der Waals surface area contributed by atoms with Gasteiger partial charge in [0.1, 0.15) is 5.75 Å². The highest BCUT2D eigenvalue weighted by molar-refractivity contribution is 6.12. The van der Waals surface area contributed by atoms with E-state index in [9.17, 15) is 4.79 Å². The summed E-state index contributed by atoms with van der Waals surface area (Å²) in [6.07, 6.45) is 0.801. The molecule has 0 amide bonds. The molecule has 1 aliphatic rings. The first-order chi connectivity index (χ1) is 8.69. The zero-order chi connectivity index (χ0) is 12.7. The number of carbonyl (C=O) groups is 1. The fourth-order valence-corrected chi connectivity index (χ4v) is 2.51. The summed E-state index contributed by atoms with van der Waals surface area (Å²) < 4.78 is 5.22. The number of ketones is 1. The van der Waals surface area contributed by atoms with Crippen molar-refractivity contribution in [3.8, 4) is 5.75 Å². The van der Waals surface area contributed by atoms with E-state index >= 15 is 0 Å². The molecule has 0 N–H and O–H groups in total. The lowest BCUT2D eigenvalue weighted by atomic mass is 9.84. The predicted octanol–water partition coefficient (Wildman–Crippen LogP) is 3.14. The zero-order valence-electron chi connectivity index (χ0n) is 10.5. The highest BCUT2D eigenvalue weighted by Crippen LogP contribution is 2.30. The average Bonchev–Trinajstić information content (AvgIpc) is 2.38. The minimum Gasteiger partial charge on any atom is -0.497 e. The molecule has 0 radical (unpaired) electrons. The number of aryl methyl sites for hydroxylation is 1. The second kappa shape index (κ2) is 3.98. The second-order valence-electron chi connectivity index (χ2n) is 4.69. The van der Waals surface area contributed by atoms with E-state index in [2.05, 4.69) is 6.07 Å². The molecule has 0 aromatic heterocycles. The van der Waals surface area contributed by atoms with Crippen molar-refractivity contribution in [2.45, 2.75) is 13.3 Å². The molecular weight excluding hydrogens is 224 g/mol. The van der Waals surface area contributed by atoms with Gasteiger partial charge in [0, 0.05) is 11.1 Å². The van der Waals surface area contributed by atoms with Crippen LogP contribution >= 0.6 is 0 Å². The summed E-state index contributed by atoms with van der Waals surface area (Å²) in [6.45, 7) is 2.05. The smallest absolute Gasteiger partial charge is 0.193 e. The van der Waals surface area contributed by atoms with Crippen LogP contribution in [0.4, 0.5) is 0 Å². The number of ether oxygens (including phenoxy) is 1. The van der Waals surface area contributed by atoms with Gasteiger partial charge in [0.15, 0.2) is 5.78 Å². The Hall–Kier alpha value is -2.09. The maximum absolute atomic E-state index is 12.4. The minimum absolute atomic E-state index is 0.119. The van der Waals surface area contributed by atoms with Crippen molar-refractivity contribution in [3.63, 3.8) is 0 Å². The number of carbonyl (C=O) groups excluding carboxylic acids is 1. The monoisotopic (exact) mass is 238 g/mol. The molecular formula is C16H14O2. The summed E-state index contributed by atoms with van der Waals surface area (Å²) in [6, 6.07) is 11.7. The molecule has 0 heterocycles. The van der Waals surface area contributed by atoms with Crippen LogP contribution in [-0.2, 0) is 6.42 Å². The van der Waals surface area contributed by atoms with Gasteiger partial charge in [0.05, 0.1) is 7.11 Å². The van der Waals surface area contributed by atoms with E-state index in [1.54, 1.807) is 7.11 Å². The lowest BCUT2D eigenvalue weighted by molar-refractivity contribution is 0.103. The van der Waals surface area contributed by atoms with Gasteiger partial charge in [-0.05, 0) is 42.7 Å². The topological polar surface area (TPSA) is 26.3 Å². The summed E-state index contributed by atoms with van der Waals surface area (Å²) in [7, 11) is 1.64. The predicted molar refractivity (Wildman–Crippen MR) is 70.4 cm³/mol. The molecule has 2 nitrogen and oxygen atoms in total. The standard InChI is InChI=1S/C16H14O2/c1-10-3-5-14-11(7-10)8-12-9-13(18-2)4-6-15(12)16(14)17/h3-7,9H,8H2,1-2H3. The largest absolute Gasteiger partial charge is 0.497 e. The van der Waals surface area contributed by atoms with Crippen LogP contribution in [0.2, 0.25) is 0 Å². The first-order valence-electron chi connectivity index (χ1n) is 6.00. The van der Waals surface area contributed by atoms with Crippen LogP contribution in [0.5, 0.6) is 5.75 Å². The third-order valence-electron chi connectivity index (χ3n) is 3.44. The van der Waals surface area contributed by atoms with E-state index in [0.717, 1.165) is 34.4 Å². The molecule has 3 rings (SSSR count). The molecule has 0 saturated carbocycles. The Kier molecular flexibility index (Phi) is 2.44. The van der Waals surface area contributed by atoms with Crippen molar-refractivity contribution in [2.75, 3.05) is 7.11 Å². The molecule has 0 spiro atoms. The van der Waals surface area contributed by atoms with Gasteiger partial charge in [-0.25, -0.2) is 0 Å². The molecule has 0 fully saturated rings. The van der Waals surface area contributed by atoms with Crippen LogP contribution in [0, 0.1) is 6.92 Å². The van der Waals surface area contributed by atoms with E-state index in [0.29, 0.717) is 0 Å². The third-order valence-corrected chi connectivity index (χ3v) is 3.44. The quantitative estimate of drug-likeness (QED) is 0.651. The Morgan fingerprint density at radius 2 is 1.67 bits per heavy atom. The number of hydrogen-bond donors (Lipinski definition) is 0. The van der Waals surface area contributed by atoms with E-state index in [-0.39, 0.29) is 5.78 Å². The van der Waals surface area contributed by atoms with E-state index in [1.807, 2.05) is 37.3 Å². The van der Waals surface area contributed by atoms with Crippen molar-refractivity contribution in [3.05, 3.63) is 64.2 Å². The fourth-order valence-electron chi connectivity index (χ4n) is 2.51. The average molecular weight is 238 g/mol. The lowest BCUT2D eigenvalue weighted by Gasteiger charge is -2.19. The van der Waals surface area contributed by atoms with Crippen LogP contribution in [0.25, 0.3) is 0 Å². The van der Waals surface area contributed by atoms with E-state index in [1.165, 1.54) is 5.56 Å². The van der Waals surface area contributed by atoms with Crippen molar-refractivity contribution in [2.24, 2.45) is 0 Å². The summed E-state index contributed by atoms with van der Waals surface area (Å²) in [5.41, 5.74) is 4.98. The van der Waals surface area contributed by atoms with Gasteiger partial charge >= 0.3 is 0 Å². The van der Waals surface area contributed by atoms with Crippen LogP contribution in [-0.4, -0.2) is 12.9 Å². The van der Waals surface area contributed by atoms with Crippen molar-refractivity contribution < 1.29 is 9.53 Å². The van der Waals surface area contributed by atoms with Gasteiger partial charge in [-0.1, -0.05) is 23.8 Å². The number of fused-ring (bicyclic) bond motifs is 2. The van der Waals surface area contributed by atoms with Crippen LogP contribution in [0.1, 0.15) is 32.6 Å². The number of hydrogen-bond acceptors (Lipinski definition) is 2. The van der Waals surface area contributed by atoms with Crippen LogP contribution in [0.3, 0.4) is 0 Å². The maximum atomic E-state index is 12.4. The Morgan fingerprint density at radius 1 is 1.00 bits per heavy atom. The first kappa shape index (κ1) is 11.0. The zero-order valence-corrected chi connectivity index (χ0v) is 10.5. The third kappa shape index (κ3) is 1.61. The van der Waals surface area contributed by atoms with Gasteiger partial charge in [-0.15, -0.1) is 0 Å². The van der Waals surface area contributed by atoms with Crippen molar-refractivity contribution in [1.29, 1.82) is 0 Å². The van der Waals surface area contributed by atoms with E-state index in [4.69, 9.17) is 4.74 Å². The number of methoxy groups -OCH3 is 1. The molecule has 0 atom stereocenters. The van der Waals surface area contributed by atoms with Crippen molar-refractivity contribution in [1.82, 2.24) is 0 Å². The molecule has 0 saturated heterocycles. The summed E-state index contributed by atoms with van der Waals surface area (Å²) in [5.74, 6) is 0.923. The molecule has 90 valence electrons. The Labute approximate surface area is 106 Å². The van der Waals surface area contributed by atoms with Gasteiger partial charge in [0.2, 0.25) is 0 Å². The number of benzene rings is 2. The Morgan fingerprint density at radius 3 is 2.39 bits per heavy atom. The van der Waals surface area contributed by atoms with E-state index < -0.39 is 0 Å². The fraction of sp³-hybridized carbons (Fsp3) is 0.188. The van der Waals surface area contributed by atoms with Crippen molar-refractivity contribution >= 4 is 5.78 Å². The molecule has 1 aliphatic carbocycles. The molecule has 2 aromatic rings. The normalized spacial score (nSPS) is 12.9. The molecule has 2 aromatic carbocycles. The molecule has 0 bridgehead atoms. The molecule has 2 heteroatoms. The van der Waals surface area contributed by atoms with Gasteiger partial charge in [-0.2, -0.15) is 0 Å². The summed E-state index contributed by atoms with van der Waals surface area (Å²) >= 11 is 0. The summed E-state index contributed by atoms with van der Waals surface area (Å²) in [4.78, 5) is 12.4. The first-order valence-corrected chi connectivity index (χ1v) is 6.00. The molecule has 0 unspecified atom stereocenters. The molecule has 18 heavy (non-hydrogen) atoms. The maximum Gasteiger partial charge on any atom is 0.193 e. The highest BCUT2D eigenvalue weighted by atomic mass is 16.5. The van der Waals surface area contributed by atoms with Gasteiger partial charge in [0.25, 0.3) is 0 Å². The minimum atomic E-state index is 0.119. The van der Waals surface area contributed by atoms with Crippen LogP contribution in [0.15, 0.2) is 36.4 Å². The second-order valence-corrected chi connectivity index (χ2v) is 4.69. The molecule has 0 aliphatic heterocycles. The van der Waals surface area contributed by atoms with Crippen LogP contribution < -0.4 is 4.74 Å².